The molecule has 7 heteroatoms. The fourth-order valence-electron chi connectivity index (χ4n) is 3.67. The number of aromatic nitrogens is 2. The molecule has 6 nitrogen and oxygen atoms in total. The van der Waals surface area contributed by atoms with Gasteiger partial charge in [0.25, 0.3) is 5.91 Å². The van der Waals surface area contributed by atoms with E-state index in [1.54, 1.807) is 12.3 Å². The molecule has 1 aliphatic carbocycles. The Kier molecular flexibility index (Phi) is 4.60. The lowest BCUT2D eigenvalue weighted by molar-refractivity contribution is 0.0560. The predicted octanol–water partition coefficient (Wildman–Crippen LogP) is 3.46. The summed E-state index contributed by atoms with van der Waals surface area (Å²) in [5.41, 5.74) is 2.05. The van der Waals surface area contributed by atoms with Crippen LogP contribution in [0.15, 0.2) is 35.2 Å². The molecule has 0 N–H and O–H groups in total. The van der Waals surface area contributed by atoms with Gasteiger partial charge in [-0.2, -0.15) is 5.26 Å². The highest BCUT2D eigenvalue weighted by Crippen LogP contribution is 2.32. The summed E-state index contributed by atoms with van der Waals surface area (Å²) in [5.74, 6) is 0.806. The number of carbonyl (C=O) groups is 1. The highest BCUT2D eigenvalue weighted by atomic mass is 79.9. The number of amides is 1. The maximum absolute atomic E-state index is 12.5. The molecular formula is C19H17BrN4O2. The first kappa shape index (κ1) is 17.0. The molecule has 1 aliphatic heterocycles. The van der Waals surface area contributed by atoms with Crippen LogP contribution in [0.1, 0.15) is 47.3 Å². The fourth-order valence-corrected chi connectivity index (χ4v) is 4.12. The first-order valence-corrected chi connectivity index (χ1v) is 9.41. The van der Waals surface area contributed by atoms with Crippen molar-refractivity contribution in [3.8, 4) is 11.8 Å². The number of benzene rings is 1. The van der Waals surface area contributed by atoms with E-state index in [0.717, 1.165) is 41.6 Å². The molecule has 1 saturated carbocycles. The number of hydrogen-bond donors (Lipinski definition) is 0. The van der Waals surface area contributed by atoms with Gasteiger partial charge in [-0.1, -0.05) is 0 Å². The van der Waals surface area contributed by atoms with Gasteiger partial charge in [0, 0.05) is 16.7 Å². The van der Waals surface area contributed by atoms with Crippen molar-refractivity contribution in [2.45, 2.75) is 44.4 Å². The van der Waals surface area contributed by atoms with Crippen molar-refractivity contribution < 1.29 is 9.53 Å². The van der Waals surface area contributed by atoms with Gasteiger partial charge in [-0.05, 0) is 59.8 Å². The minimum atomic E-state index is 0.0426. The summed E-state index contributed by atoms with van der Waals surface area (Å²) in [6.07, 6.45) is 6.86. The Hall–Kier alpha value is -2.46. The molecule has 26 heavy (non-hydrogen) atoms. The Labute approximate surface area is 159 Å². The van der Waals surface area contributed by atoms with Crippen molar-refractivity contribution in [2.24, 2.45) is 0 Å². The summed E-state index contributed by atoms with van der Waals surface area (Å²) in [7, 11) is 0. The minimum absolute atomic E-state index is 0.0426. The summed E-state index contributed by atoms with van der Waals surface area (Å²) < 4.78 is 6.81. The van der Waals surface area contributed by atoms with Crippen LogP contribution < -0.4 is 4.74 Å². The lowest BCUT2D eigenvalue weighted by Gasteiger charge is -2.34. The third-order valence-electron chi connectivity index (χ3n) is 5.05. The summed E-state index contributed by atoms with van der Waals surface area (Å²) in [6.45, 7) is 0.579. The molecule has 132 valence electrons. The Morgan fingerprint density at radius 2 is 2.08 bits per heavy atom. The van der Waals surface area contributed by atoms with Crippen molar-refractivity contribution in [1.29, 1.82) is 5.26 Å². The van der Waals surface area contributed by atoms with Crippen molar-refractivity contribution in [1.82, 2.24) is 14.9 Å². The molecule has 1 aromatic carbocycles. The third-order valence-corrected chi connectivity index (χ3v) is 5.71. The minimum Gasteiger partial charge on any atom is -0.490 e. The van der Waals surface area contributed by atoms with E-state index in [4.69, 9.17) is 10.00 Å². The number of hydrogen-bond acceptors (Lipinski definition) is 5. The highest BCUT2D eigenvalue weighted by molar-refractivity contribution is 9.10. The summed E-state index contributed by atoms with van der Waals surface area (Å²) in [4.78, 5) is 22.7. The van der Waals surface area contributed by atoms with Crippen LogP contribution >= 0.6 is 15.9 Å². The van der Waals surface area contributed by atoms with Crippen LogP contribution in [0.3, 0.4) is 0 Å². The molecule has 2 aliphatic rings. The molecule has 0 spiro atoms. The van der Waals surface area contributed by atoms with Crippen molar-refractivity contribution in [3.63, 3.8) is 0 Å². The SMILES string of the molecule is N#Cc1ccc(OC2CCC(N3Cc4ncncc4C3=O)CC2)cc1Br. The number of fused-ring (bicyclic) bond motifs is 1. The molecule has 0 unspecified atom stereocenters. The number of rotatable bonds is 3. The van der Waals surface area contributed by atoms with Gasteiger partial charge in [0.1, 0.15) is 18.1 Å². The van der Waals surface area contributed by atoms with Gasteiger partial charge in [-0.15, -0.1) is 0 Å². The van der Waals surface area contributed by atoms with Gasteiger partial charge in [0.05, 0.1) is 29.5 Å². The van der Waals surface area contributed by atoms with Crippen LogP contribution in [0.5, 0.6) is 5.75 Å². The Bertz CT molecular complexity index is 887. The lowest BCUT2D eigenvalue weighted by atomic mass is 9.92. The molecule has 2 aromatic rings. The zero-order chi connectivity index (χ0) is 18.1. The largest absolute Gasteiger partial charge is 0.490 e. The number of nitriles is 1. The molecule has 0 bridgehead atoms. The summed E-state index contributed by atoms with van der Waals surface area (Å²) in [5, 5.41) is 8.99. The molecule has 4 rings (SSSR count). The van der Waals surface area contributed by atoms with E-state index in [-0.39, 0.29) is 18.1 Å². The molecule has 0 saturated heterocycles. The fraction of sp³-hybridized carbons (Fsp3) is 0.368. The van der Waals surface area contributed by atoms with Crippen LogP contribution in [0.4, 0.5) is 0 Å². The molecule has 0 atom stereocenters. The predicted molar refractivity (Wildman–Crippen MR) is 97.4 cm³/mol. The molecule has 1 fully saturated rings. The topological polar surface area (TPSA) is 79.1 Å². The van der Waals surface area contributed by atoms with Gasteiger partial charge in [-0.3, -0.25) is 4.79 Å². The van der Waals surface area contributed by atoms with Crippen LogP contribution in [0.2, 0.25) is 0 Å². The zero-order valence-corrected chi connectivity index (χ0v) is 15.6. The molecule has 0 radical (unpaired) electrons. The second-order valence-electron chi connectivity index (χ2n) is 6.62. The first-order chi connectivity index (χ1) is 12.7. The average Bonchev–Trinajstić information content (AvgIpc) is 3.00. The molecule has 1 aromatic heterocycles. The molecule has 2 heterocycles. The number of nitrogens with zero attached hydrogens (tertiary/aromatic N) is 4. The number of ether oxygens (including phenoxy) is 1. The highest BCUT2D eigenvalue weighted by Gasteiger charge is 2.36. The van der Waals surface area contributed by atoms with Crippen LogP contribution in [-0.4, -0.2) is 32.9 Å². The third kappa shape index (κ3) is 3.17. The zero-order valence-electron chi connectivity index (χ0n) is 14.1. The van der Waals surface area contributed by atoms with E-state index in [2.05, 4.69) is 32.0 Å². The number of carbonyl (C=O) groups excluding carboxylic acids is 1. The van der Waals surface area contributed by atoms with Gasteiger partial charge >= 0.3 is 0 Å². The first-order valence-electron chi connectivity index (χ1n) is 8.62. The van der Waals surface area contributed by atoms with E-state index in [1.807, 2.05) is 17.0 Å². The summed E-state index contributed by atoms with van der Waals surface area (Å²) >= 11 is 3.39. The van der Waals surface area contributed by atoms with Gasteiger partial charge in [-0.25, -0.2) is 9.97 Å². The van der Waals surface area contributed by atoms with Gasteiger partial charge in [0.2, 0.25) is 0 Å². The van der Waals surface area contributed by atoms with Crippen molar-refractivity contribution in [3.05, 3.63) is 52.0 Å². The van der Waals surface area contributed by atoms with Gasteiger partial charge in [0.15, 0.2) is 0 Å². The van der Waals surface area contributed by atoms with Crippen molar-refractivity contribution in [2.75, 3.05) is 0 Å². The Morgan fingerprint density at radius 1 is 1.27 bits per heavy atom. The normalized spacial score (nSPS) is 22.0. The van der Waals surface area contributed by atoms with Crippen LogP contribution in [-0.2, 0) is 6.54 Å². The average molecular weight is 413 g/mol. The second kappa shape index (κ2) is 7.04. The Morgan fingerprint density at radius 3 is 2.77 bits per heavy atom. The summed E-state index contributed by atoms with van der Waals surface area (Å²) in [6, 6.07) is 7.77. The lowest BCUT2D eigenvalue weighted by Crippen LogP contribution is -2.40. The standard InChI is InChI=1S/C19H17BrN4O2/c20-17-7-15(4-1-12(17)8-21)26-14-5-2-13(3-6-14)24-10-18-16(19(24)25)9-22-11-23-18/h1,4,7,9,11,13-14H,2-3,5-6,10H2. The van der Waals surface area contributed by atoms with Crippen molar-refractivity contribution >= 4 is 21.8 Å². The van der Waals surface area contributed by atoms with E-state index < -0.39 is 0 Å². The molecular weight excluding hydrogens is 396 g/mol. The quantitative estimate of drug-likeness (QED) is 0.770. The number of halogens is 1. The monoisotopic (exact) mass is 412 g/mol. The Balaban J connectivity index is 1.36. The van der Waals surface area contributed by atoms with E-state index in [0.29, 0.717) is 17.7 Å². The van der Waals surface area contributed by atoms with Gasteiger partial charge < -0.3 is 9.64 Å². The van der Waals surface area contributed by atoms with E-state index >= 15 is 0 Å². The van der Waals surface area contributed by atoms with E-state index in [1.165, 1.54) is 6.33 Å². The van der Waals surface area contributed by atoms with E-state index in [9.17, 15) is 4.79 Å². The second-order valence-corrected chi connectivity index (χ2v) is 7.47. The van der Waals surface area contributed by atoms with Crippen LogP contribution in [0, 0.1) is 11.3 Å². The smallest absolute Gasteiger partial charge is 0.257 e. The maximum atomic E-state index is 12.5. The maximum Gasteiger partial charge on any atom is 0.257 e. The molecule has 1 amide bonds. The van der Waals surface area contributed by atoms with Crippen LogP contribution in [0.25, 0.3) is 0 Å².